The molecule has 0 bridgehead atoms. The SMILES string of the molecule is CCC(CC)(CN)Oc1cc[c]cc1. The molecule has 1 aromatic rings. The lowest BCUT2D eigenvalue weighted by molar-refractivity contribution is 0.0692. The number of ether oxygens (including phenoxy) is 1. The highest BCUT2D eigenvalue weighted by Crippen LogP contribution is 2.23. The van der Waals surface area contributed by atoms with Crippen LogP contribution in [0.4, 0.5) is 0 Å². The minimum absolute atomic E-state index is 0.207. The lowest BCUT2D eigenvalue weighted by atomic mass is 9.97. The van der Waals surface area contributed by atoms with Crippen molar-refractivity contribution in [2.24, 2.45) is 5.73 Å². The van der Waals surface area contributed by atoms with Gasteiger partial charge in [0.15, 0.2) is 0 Å². The molecule has 0 aliphatic heterocycles. The minimum atomic E-state index is -0.207. The first kappa shape index (κ1) is 11.1. The van der Waals surface area contributed by atoms with Gasteiger partial charge < -0.3 is 10.5 Å². The molecule has 0 spiro atoms. The second-order valence-electron chi connectivity index (χ2n) is 3.43. The van der Waals surface area contributed by atoms with Gasteiger partial charge in [0.1, 0.15) is 11.4 Å². The van der Waals surface area contributed by atoms with Crippen LogP contribution in [-0.4, -0.2) is 12.1 Å². The van der Waals surface area contributed by atoms with Crippen LogP contribution in [0.15, 0.2) is 24.3 Å². The summed E-state index contributed by atoms with van der Waals surface area (Å²) in [6.07, 6.45) is 1.86. The zero-order valence-electron chi connectivity index (χ0n) is 8.92. The Hall–Kier alpha value is -1.02. The maximum atomic E-state index is 5.90. The van der Waals surface area contributed by atoms with Gasteiger partial charge in [0.05, 0.1) is 0 Å². The maximum Gasteiger partial charge on any atom is 0.121 e. The molecule has 14 heavy (non-hydrogen) atoms. The first-order valence-electron chi connectivity index (χ1n) is 5.11. The van der Waals surface area contributed by atoms with Crippen LogP contribution in [0.2, 0.25) is 0 Å². The van der Waals surface area contributed by atoms with E-state index in [1.807, 2.05) is 24.3 Å². The molecule has 0 aliphatic rings. The van der Waals surface area contributed by atoms with E-state index < -0.39 is 0 Å². The van der Waals surface area contributed by atoms with Crippen molar-refractivity contribution in [1.82, 2.24) is 0 Å². The molecule has 1 radical (unpaired) electrons. The largest absolute Gasteiger partial charge is 0.486 e. The zero-order chi connectivity index (χ0) is 10.4. The first-order valence-corrected chi connectivity index (χ1v) is 5.11. The molecule has 2 nitrogen and oxygen atoms in total. The van der Waals surface area contributed by atoms with E-state index in [1.54, 1.807) is 0 Å². The van der Waals surface area contributed by atoms with Crippen LogP contribution in [0.5, 0.6) is 5.75 Å². The highest BCUT2D eigenvalue weighted by atomic mass is 16.5. The predicted octanol–water partition coefficient (Wildman–Crippen LogP) is 2.38. The Morgan fingerprint density at radius 2 is 1.86 bits per heavy atom. The van der Waals surface area contributed by atoms with Gasteiger partial charge in [-0.05, 0) is 31.0 Å². The van der Waals surface area contributed by atoms with Gasteiger partial charge in [-0.1, -0.05) is 26.0 Å². The van der Waals surface area contributed by atoms with Gasteiger partial charge in [0.25, 0.3) is 0 Å². The average molecular weight is 192 g/mol. The second kappa shape index (κ2) is 5.01. The summed E-state index contributed by atoms with van der Waals surface area (Å²) in [6, 6.07) is 10.5. The molecule has 2 N–H and O–H groups in total. The van der Waals surface area contributed by atoms with Crippen molar-refractivity contribution in [3.63, 3.8) is 0 Å². The van der Waals surface area contributed by atoms with Crippen LogP contribution in [-0.2, 0) is 0 Å². The second-order valence-corrected chi connectivity index (χ2v) is 3.43. The summed E-state index contributed by atoms with van der Waals surface area (Å²) >= 11 is 0. The normalized spacial score (nSPS) is 11.4. The quantitative estimate of drug-likeness (QED) is 0.777. The molecule has 1 rings (SSSR count). The fourth-order valence-electron chi connectivity index (χ4n) is 1.41. The van der Waals surface area contributed by atoms with Crippen molar-refractivity contribution >= 4 is 0 Å². The fourth-order valence-corrected chi connectivity index (χ4v) is 1.41. The summed E-state index contributed by atoms with van der Waals surface area (Å²) in [4.78, 5) is 0. The highest BCUT2D eigenvalue weighted by molar-refractivity contribution is 5.21. The number of nitrogens with two attached hydrogens (primary N) is 1. The third-order valence-electron chi connectivity index (χ3n) is 2.68. The van der Waals surface area contributed by atoms with Gasteiger partial charge in [-0.3, -0.25) is 0 Å². The Balaban J connectivity index is 2.74. The van der Waals surface area contributed by atoms with Gasteiger partial charge in [-0.2, -0.15) is 0 Å². The molecule has 0 aliphatic carbocycles. The van der Waals surface area contributed by atoms with E-state index in [0.29, 0.717) is 6.54 Å². The van der Waals surface area contributed by atoms with Gasteiger partial charge in [-0.25, -0.2) is 0 Å². The van der Waals surface area contributed by atoms with Crippen LogP contribution < -0.4 is 10.5 Å². The van der Waals surface area contributed by atoms with Gasteiger partial charge in [0.2, 0.25) is 0 Å². The third kappa shape index (κ3) is 2.48. The Bertz CT molecular complexity index is 246. The summed E-state index contributed by atoms with van der Waals surface area (Å²) in [7, 11) is 0. The van der Waals surface area contributed by atoms with Crippen molar-refractivity contribution < 1.29 is 4.74 Å². The monoisotopic (exact) mass is 192 g/mol. The minimum Gasteiger partial charge on any atom is -0.486 e. The predicted molar refractivity (Wildman–Crippen MR) is 58.3 cm³/mol. The van der Waals surface area contributed by atoms with E-state index in [0.717, 1.165) is 18.6 Å². The molecule has 0 heterocycles. The molecule has 0 atom stereocenters. The Labute approximate surface area is 86.1 Å². The summed E-state index contributed by atoms with van der Waals surface area (Å²) in [5.41, 5.74) is 5.54. The molecule has 2 heteroatoms. The molecule has 1 aromatic carbocycles. The molecule has 0 fully saturated rings. The van der Waals surface area contributed by atoms with Crippen LogP contribution in [0.3, 0.4) is 0 Å². The average Bonchev–Trinajstić information content (AvgIpc) is 2.28. The topological polar surface area (TPSA) is 35.2 Å². The lowest BCUT2D eigenvalue weighted by Crippen LogP contribution is -2.42. The summed E-state index contributed by atoms with van der Waals surface area (Å²) in [5, 5.41) is 0. The Morgan fingerprint density at radius 3 is 2.29 bits per heavy atom. The molecule has 0 amide bonds. The Kier molecular flexibility index (Phi) is 3.96. The number of rotatable bonds is 5. The summed E-state index contributed by atoms with van der Waals surface area (Å²) < 4.78 is 5.90. The smallest absolute Gasteiger partial charge is 0.121 e. The van der Waals surface area contributed by atoms with E-state index in [2.05, 4.69) is 19.9 Å². The molecular weight excluding hydrogens is 174 g/mol. The van der Waals surface area contributed by atoms with Gasteiger partial charge >= 0.3 is 0 Å². The van der Waals surface area contributed by atoms with Crippen LogP contribution >= 0.6 is 0 Å². The molecular formula is C12H18NO. The van der Waals surface area contributed by atoms with Gasteiger partial charge in [0, 0.05) is 6.54 Å². The first-order chi connectivity index (χ1) is 6.76. The van der Waals surface area contributed by atoms with Crippen LogP contribution in [0.25, 0.3) is 0 Å². The molecule has 0 unspecified atom stereocenters. The van der Waals surface area contributed by atoms with Gasteiger partial charge in [-0.15, -0.1) is 0 Å². The zero-order valence-corrected chi connectivity index (χ0v) is 8.92. The van der Waals surface area contributed by atoms with E-state index in [1.165, 1.54) is 0 Å². The molecule has 0 saturated carbocycles. The highest BCUT2D eigenvalue weighted by Gasteiger charge is 2.26. The van der Waals surface area contributed by atoms with Crippen molar-refractivity contribution in [2.45, 2.75) is 32.3 Å². The van der Waals surface area contributed by atoms with Crippen molar-refractivity contribution in [3.05, 3.63) is 30.3 Å². The summed E-state index contributed by atoms with van der Waals surface area (Å²) in [6.45, 7) is 4.76. The lowest BCUT2D eigenvalue weighted by Gasteiger charge is -2.31. The van der Waals surface area contributed by atoms with E-state index in [-0.39, 0.29) is 5.60 Å². The standard InChI is InChI=1S/C12H18NO/c1-3-12(4-2,10-13)14-11-8-6-5-7-9-11/h6-9H,3-4,10,13H2,1-2H3. The fraction of sp³-hybridized carbons (Fsp3) is 0.500. The molecule has 0 aromatic heterocycles. The number of benzene rings is 1. The van der Waals surface area contributed by atoms with E-state index in [9.17, 15) is 0 Å². The summed E-state index contributed by atoms with van der Waals surface area (Å²) in [5.74, 6) is 0.873. The van der Waals surface area contributed by atoms with Crippen molar-refractivity contribution in [2.75, 3.05) is 6.54 Å². The van der Waals surface area contributed by atoms with Crippen LogP contribution in [0.1, 0.15) is 26.7 Å². The van der Waals surface area contributed by atoms with E-state index in [4.69, 9.17) is 10.5 Å². The Morgan fingerprint density at radius 1 is 1.29 bits per heavy atom. The number of hydrogen-bond donors (Lipinski definition) is 1. The van der Waals surface area contributed by atoms with Crippen molar-refractivity contribution in [1.29, 1.82) is 0 Å². The maximum absolute atomic E-state index is 5.90. The molecule has 0 saturated heterocycles. The van der Waals surface area contributed by atoms with Crippen LogP contribution in [0, 0.1) is 6.07 Å². The van der Waals surface area contributed by atoms with E-state index >= 15 is 0 Å². The third-order valence-corrected chi connectivity index (χ3v) is 2.68. The number of hydrogen-bond acceptors (Lipinski definition) is 2. The van der Waals surface area contributed by atoms with Crippen molar-refractivity contribution in [3.8, 4) is 5.75 Å². The molecule has 77 valence electrons.